The Kier molecular flexibility index (Phi) is 2.44. The fourth-order valence-electron chi connectivity index (χ4n) is 2.42. The smallest absolute Gasteiger partial charge is 0.265 e. The monoisotopic (exact) mass is 296 g/mol. The van der Waals surface area contributed by atoms with Crippen molar-refractivity contribution in [2.75, 3.05) is 0 Å². The van der Waals surface area contributed by atoms with E-state index < -0.39 is 0 Å². The molecule has 0 saturated carbocycles. The molecule has 0 amide bonds. The van der Waals surface area contributed by atoms with Gasteiger partial charge in [0.1, 0.15) is 0 Å². The molecule has 1 aromatic heterocycles. The second-order valence-electron chi connectivity index (χ2n) is 4.13. The molecule has 2 aromatic rings. The van der Waals surface area contributed by atoms with Gasteiger partial charge >= 0.3 is 0 Å². The summed E-state index contributed by atoms with van der Waals surface area (Å²) in [5, 5.41) is 1.17. The summed E-state index contributed by atoms with van der Waals surface area (Å²) in [5.41, 5.74) is 2.97. The Balaban J connectivity index is 1.81. The molecule has 0 saturated heterocycles. The van der Waals surface area contributed by atoms with Crippen LogP contribution in [0.25, 0.3) is 0 Å². The number of hydrogen-bond acceptors (Lipinski definition) is 5. The van der Waals surface area contributed by atoms with E-state index in [9.17, 15) is 4.79 Å². The average molecular weight is 296 g/mol. The summed E-state index contributed by atoms with van der Waals surface area (Å²) >= 11 is 6.65. The van der Waals surface area contributed by atoms with Crippen molar-refractivity contribution in [3.05, 3.63) is 44.2 Å². The Labute approximate surface area is 115 Å². The van der Waals surface area contributed by atoms with Crippen molar-refractivity contribution in [1.82, 2.24) is 0 Å². The minimum atomic E-state index is 0.239. The van der Waals surface area contributed by atoms with Crippen molar-refractivity contribution in [3.63, 3.8) is 0 Å². The molecular weight excluding hydrogens is 288 g/mol. The van der Waals surface area contributed by atoms with E-state index in [2.05, 4.69) is 24.3 Å². The highest BCUT2D eigenvalue weighted by atomic mass is 32.2. The molecule has 2 heterocycles. The predicted octanol–water partition coefficient (Wildman–Crippen LogP) is 4.03. The van der Waals surface area contributed by atoms with Crippen LogP contribution in [0.3, 0.4) is 0 Å². The van der Waals surface area contributed by atoms with Crippen LogP contribution in [-0.2, 0) is 6.42 Å². The predicted molar refractivity (Wildman–Crippen MR) is 76.9 cm³/mol. The lowest BCUT2D eigenvalue weighted by atomic mass is 10.1. The van der Waals surface area contributed by atoms with Crippen molar-refractivity contribution in [2.24, 2.45) is 0 Å². The van der Waals surface area contributed by atoms with Gasteiger partial charge in [-0.2, -0.15) is 0 Å². The van der Waals surface area contributed by atoms with Crippen LogP contribution in [0.1, 0.15) is 16.4 Å². The molecule has 0 spiro atoms. The Morgan fingerprint density at radius 3 is 2.71 bits per heavy atom. The molecule has 17 heavy (non-hydrogen) atoms. The minimum Gasteiger partial charge on any atom is -0.265 e. The zero-order chi connectivity index (χ0) is 11.4. The maximum atomic E-state index is 11.4. The van der Waals surface area contributed by atoms with Gasteiger partial charge in [-0.3, -0.25) is 4.79 Å². The maximum Gasteiger partial charge on any atom is 0.289 e. The Morgan fingerprint density at radius 1 is 1.06 bits per heavy atom. The molecule has 2 atom stereocenters. The van der Waals surface area contributed by atoms with Gasteiger partial charge in [0.05, 0.1) is 8.42 Å². The molecule has 1 aliphatic heterocycles. The van der Waals surface area contributed by atoms with Crippen LogP contribution in [-0.4, -0.2) is 5.25 Å². The van der Waals surface area contributed by atoms with Gasteiger partial charge in [-0.25, -0.2) is 0 Å². The van der Waals surface area contributed by atoms with Crippen LogP contribution < -0.4 is 4.06 Å². The first-order valence-electron chi connectivity index (χ1n) is 5.36. The second kappa shape index (κ2) is 3.88. The van der Waals surface area contributed by atoms with E-state index in [1.54, 1.807) is 0 Å². The van der Waals surface area contributed by atoms with E-state index in [0.717, 1.165) is 6.42 Å². The minimum absolute atomic E-state index is 0.239. The molecule has 2 aliphatic rings. The highest BCUT2D eigenvalue weighted by Crippen LogP contribution is 2.58. The number of benzene rings is 1. The van der Waals surface area contributed by atoms with Crippen LogP contribution in [0.5, 0.6) is 0 Å². The summed E-state index contributed by atoms with van der Waals surface area (Å²) in [4.78, 5) is 11.4. The fraction of sp³-hybridized carbons (Fsp3) is 0.250. The lowest BCUT2D eigenvalue weighted by Gasteiger charge is -2.23. The summed E-state index contributed by atoms with van der Waals surface area (Å²) < 4.78 is 2.73. The van der Waals surface area contributed by atoms with Crippen LogP contribution in [0.2, 0.25) is 0 Å². The molecule has 1 aliphatic carbocycles. The van der Waals surface area contributed by atoms with Gasteiger partial charge in [0.2, 0.25) is 0 Å². The highest BCUT2D eigenvalue weighted by Gasteiger charge is 2.38. The zero-order valence-corrected chi connectivity index (χ0v) is 12.0. The summed E-state index contributed by atoms with van der Waals surface area (Å²) in [6.45, 7) is 0. The average Bonchev–Trinajstić information content (AvgIpc) is 2.84. The highest BCUT2D eigenvalue weighted by molar-refractivity contribution is 8.08. The van der Waals surface area contributed by atoms with Crippen molar-refractivity contribution < 1.29 is 0 Å². The Hall–Kier alpha value is -0.230. The first kappa shape index (κ1) is 10.7. The van der Waals surface area contributed by atoms with Crippen LogP contribution in [0.15, 0.2) is 37.5 Å². The van der Waals surface area contributed by atoms with Crippen molar-refractivity contribution in [1.29, 1.82) is 0 Å². The van der Waals surface area contributed by atoms with E-state index in [0.29, 0.717) is 10.5 Å². The third kappa shape index (κ3) is 1.63. The van der Waals surface area contributed by atoms with Gasteiger partial charge in [-0.15, -0.1) is 23.5 Å². The summed E-state index contributed by atoms with van der Waals surface area (Å²) in [5.74, 6) is 0. The van der Waals surface area contributed by atoms with Gasteiger partial charge < -0.3 is 0 Å². The van der Waals surface area contributed by atoms with Gasteiger partial charge in [-0.05, 0) is 17.5 Å². The van der Waals surface area contributed by atoms with E-state index in [1.165, 1.54) is 42.2 Å². The molecule has 4 rings (SSSR count). The normalized spacial score (nSPS) is 25.2. The first-order chi connectivity index (χ1) is 8.31. The van der Waals surface area contributed by atoms with Crippen LogP contribution in [0, 0.1) is 0 Å². The SMILES string of the molecule is O=c1sc2c(s1)SC1c3ccccc3CC1S2. The topological polar surface area (TPSA) is 17.1 Å². The molecule has 0 fully saturated rings. The summed E-state index contributed by atoms with van der Waals surface area (Å²) in [7, 11) is 0. The van der Waals surface area contributed by atoms with E-state index in [4.69, 9.17) is 0 Å². The molecule has 0 radical (unpaired) electrons. The van der Waals surface area contributed by atoms with Gasteiger partial charge in [0.15, 0.2) is 0 Å². The van der Waals surface area contributed by atoms with Crippen molar-refractivity contribution in [3.8, 4) is 0 Å². The molecule has 0 N–H and O–H groups in total. The van der Waals surface area contributed by atoms with Gasteiger partial charge in [0.25, 0.3) is 4.06 Å². The quantitative estimate of drug-likeness (QED) is 0.730. The second-order valence-corrected chi connectivity index (χ2v) is 9.27. The van der Waals surface area contributed by atoms with Crippen molar-refractivity contribution in [2.45, 2.75) is 25.3 Å². The molecule has 2 unspecified atom stereocenters. The number of thioether (sulfide) groups is 2. The van der Waals surface area contributed by atoms with Crippen molar-refractivity contribution >= 4 is 46.2 Å². The number of hydrogen-bond donors (Lipinski definition) is 0. The third-order valence-electron chi connectivity index (χ3n) is 3.13. The lowest BCUT2D eigenvalue weighted by molar-refractivity contribution is 0.906. The van der Waals surface area contributed by atoms with Gasteiger partial charge in [0, 0.05) is 10.5 Å². The first-order valence-corrected chi connectivity index (χ1v) is 8.75. The zero-order valence-electron chi connectivity index (χ0n) is 8.71. The largest absolute Gasteiger partial charge is 0.289 e. The van der Waals surface area contributed by atoms with Gasteiger partial charge in [-0.1, -0.05) is 46.9 Å². The van der Waals surface area contributed by atoms with Crippen LogP contribution >= 0.6 is 46.2 Å². The van der Waals surface area contributed by atoms with Crippen LogP contribution in [0.4, 0.5) is 0 Å². The molecule has 1 nitrogen and oxygen atoms in total. The number of fused-ring (bicyclic) bond motifs is 4. The lowest BCUT2D eigenvalue weighted by Crippen LogP contribution is -2.09. The molecule has 86 valence electrons. The third-order valence-corrected chi connectivity index (χ3v) is 8.92. The molecule has 1 aromatic carbocycles. The standard InChI is InChI=1S/C12H8OS4/c13-12-16-10-11(17-12)15-9-7-4-2-1-3-6(7)5-8(9)14-10/h1-4,8-9H,5H2. The Bertz CT molecular complexity index is 642. The molecule has 5 heteroatoms. The van der Waals surface area contributed by atoms with E-state index in [1.807, 2.05) is 23.5 Å². The number of rotatable bonds is 0. The maximum absolute atomic E-state index is 11.4. The fourth-order valence-corrected chi connectivity index (χ4v) is 8.64. The molecular formula is C12H8OS4. The summed E-state index contributed by atoms with van der Waals surface area (Å²) in [6, 6.07) is 8.73. The van der Waals surface area contributed by atoms with E-state index >= 15 is 0 Å². The Morgan fingerprint density at radius 2 is 1.82 bits per heavy atom. The molecule has 0 bridgehead atoms. The summed E-state index contributed by atoms with van der Waals surface area (Å²) in [6.07, 6.45) is 1.15. The van der Waals surface area contributed by atoms with E-state index in [-0.39, 0.29) is 4.06 Å².